The van der Waals surface area contributed by atoms with Gasteiger partial charge in [-0.15, -0.1) is 0 Å². The first-order valence-corrected chi connectivity index (χ1v) is 11.4. The van der Waals surface area contributed by atoms with E-state index in [1.54, 1.807) is 17.0 Å². The van der Waals surface area contributed by atoms with E-state index in [0.29, 0.717) is 31.5 Å². The average molecular weight is 483 g/mol. The lowest BCUT2D eigenvalue weighted by molar-refractivity contribution is -0.139. The number of nitrogens with one attached hydrogen (secondary N) is 1. The summed E-state index contributed by atoms with van der Waals surface area (Å²) < 4.78 is 45.1. The first-order chi connectivity index (χ1) is 16.8. The van der Waals surface area contributed by atoms with Gasteiger partial charge in [0.15, 0.2) is 0 Å². The monoisotopic (exact) mass is 482 g/mol. The Morgan fingerprint density at radius 2 is 1.46 bits per heavy atom. The topological polar surface area (TPSA) is 58.6 Å². The summed E-state index contributed by atoms with van der Waals surface area (Å²) in [4.78, 5) is 26.6. The number of hydrogen-bond acceptors (Lipinski definition) is 3. The van der Waals surface area contributed by atoms with Crippen molar-refractivity contribution in [2.45, 2.75) is 25.1 Å². The predicted octanol–water partition coefficient (Wildman–Crippen LogP) is 5.17. The van der Waals surface area contributed by atoms with E-state index in [-0.39, 0.29) is 24.1 Å². The molecule has 0 saturated carbocycles. The number of halogens is 3. The molecule has 0 spiro atoms. The number of carbonyl (C=O) groups is 2. The molecule has 5 nitrogen and oxygen atoms in total. The molecule has 0 radical (unpaired) electrons. The molecule has 3 aromatic carbocycles. The Morgan fingerprint density at radius 1 is 0.857 bits per heavy atom. The third kappa shape index (κ3) is 6.20. The van der Waals surface area contributed by atoms with Crippen LogP contribution in [0.2, 0.25) is 0 Å². The fourth-order valence-electron chi connectivity index (χ4n) is 4.02. The van der Waals surface area contributed by atoms with E-state index in [2.05, 4.69) is 5.32 Å². The first kappa shape index (κ1) is 24.3. The molecule has 1 aliphatic rings. The molecule has 8 heteroatoms. The van der Waals surface area contributed by atoms with Crippen molar-refractivity contribution in [3.8, 4) is 16.9 Å². The number of likely N-dealkylation sites (tertiary alicyclic amines) is 1. The zero-order valence-electron chi connectivity index (χ0n) is 18.9. The molecule has 3 aromatic rings. The number of carbonyl (C=O) groups excluding carboxylic acids is 2. The van der Waals surface area contributed by atoms with Crippen molar-refractivity contribution < 1.29 is 27.5 Å². The quantitative estimate of drug-likeness (QED) is 0.527. The van der Waals surface area contributed by atoms with Gasteiger partial charge in [0.25, 0.3) is 5.91 Å². The molecule has 1 fully saturated rings. The van der Waals surface area contributed by atoms with Crippen molar-refractivity contribution in [3.63, 3.8) is 0 Å². The summed E-state index contributed by atoms with van der Waals surface area (Å²) in [5.41, 5.74) is 1.68. The standard InChI is InChI=1S/C27H25F3N2O3/c28-27(29,30)23-8-4-5-9-24(23)35-22-14-16-32(17-15-22)25(33)18-31-26(34)21-12-10-20(11-13-21)19-6-2-1-3-7-19/h1-13,22H,14-18H2,(H,31,34). The molecule has 4 rings (SSSR count). The Bertz CT molecular complexity index is 1160. The van der Waals surface area contributed by atoms with Gasteiger partial charge < -0.3 is 15.0 Å². The summed E-state index contributed by atoms with van der Waals surface area (Å²) in [6.45, 7) is 0.542. The van der Waals surface area contributed by atoms with Crippen LogP contribution in [-0.2, 0) is 11.0 Å². The average Bonchev–Trinajstić information content (AvgIpc) is 2.88. The van der Waals surface area contributed by atoms with Crippen LogP contribution >= 0.6 is 0 Å². The minimum atomic E-state index is -4.49. The van der Waals surface area contributed by atoms with E-state index in [0.717, 1.165) is 17.2 Å². The molecule has 1 heterocycles. The molecule has 1 N–H and O–H groups in total. The van der Waals surface area contributed by atoms with Crippen LogP contribution in [0.15, 0.2) is 78.9 Å². The van der Waals surface area contributed by atoms with Crippen LogP contribution in [0.5, 0.6) is 5.75 Å². The summed E-state index contributed by atoms with van der Waals surface area (Å²) in [5.74, 6) is -0.788. The predicted molar refractivity (Wildman–Crippen MR) is 126 cm³/mol. The van der Waals surface area contributed by atoms with Crippen LogP contribution in [0.1, 0.15) is 28.8 Å². The van der Waals surface area contributed by atoms with Crippen molar-refractivity contribution >= 4 is 11.8 Å². The maximum Gasteiger partial charge on any atom is 0.419 e. The van der Waals surface area contributed by atoms with Crippen molar-refractivity contribution in [1.82, 2.24) is 10.2 Å². The van der Waals surface area contributed by atoms with Crippen LogP contribution in [0.3, 0.4) is 0 Å². The highest BCUT2D eigenvalue weighted by Gasteiger charge is 2.35. The Balaban J connectivity index is 1.25. The van der Waals surface area contributed by atoms with Crippen LogP contribution in [0.25, 0.3) is 11.1 Å². The van der Waals surface area contributed by atoms with Gasteiger partial charge in [-0.25, -0.2) is 0 Å². The first-order valence-electron chi connectivity index (χ1n) is 11.4. The number of piperidine rings is 1. The number of alkyl halides is 3. The van der Waals surface area contributed by atoms with Crippen LogP contribution < -0.4 is 10.1 Å². The zero-order chi connectivity index (χ0) is 24.8. The van der Waals surface area contributed by atoms with Crippen molar-refractivity contribution in [1.29, 1.82) is 0 Å². The number of rotatable bonds is 6. The molecule has 0 atom stereocenters. The van der Waals surface area contributed by atoms with Gasteiger partial charge in [-0.3, -0.25) is 9.59 Å². The molecule has 0 unspecified atom stereocenters. The number of hydrogen-bond donors (Lipinski definition) is 1. The number of ether oxygens (including phenoxy) is 1. The third-order valence-corrected chi connectivity index (χ3v) is 5.94. The number of para-hydroxylation sites is 1. The molecular weight excluding hydrogens is 457 g/mol. The van der Waals surface area contributed by atoms with Crippen molar-refractivity contribution in [3.05, 3.63) is 90.0 Å². The molecule has 1 aliphatic heterocycles. The van der Waals surface area contributed by atoms with E-state index in [4.69, 9.17) is 4.74 Å². The van der Waals surface area contributed by atoms with E-state index < -0.39 is 17.8 Å². The lowest BCUT2D eigenvalue weighted by atomic mass is 10.0. The van der Waals surface area contributed by atoms with E-state index in [1.807, 2.05) is 42.5 Å². The Morgan fingerprint density at radius 3 is 2.11 bits per heavy atom. The van der Waals surface area contributed by atoms with Crippen LogP contribution in [0.4, 0.5) is 13.2 Å². The number of benzene rings is 3. The summed E-state index contributed by atoms with van der Waals surface area (Å²) in [7, 11) is 0. The summed E-state index contributed by atoms with van der Waals surface area (Å²) >= 11 is 0. The zero-order valence-corrected chi connectivity index (χ0v) is 18.9. The smallest absolute Gasteiger partial charge is 0.419 e. The second-order valence-corrected chi connectivity index (χ2v) is 8.32. The maximum atomic E-state index is 13.2. The summed E-state index contributed by atoms with van der Waals surface area (Å²) in [5, 5.41) is 2.64. The second-order valence-electron chi connectivity index (χ2n) is 8.32. The Hall–Kier alpha value is -3.81. The second kappa shape index (κ2) is 10.6. The fraction of sp³-hybridized carbons (Fsp3) is 0.259. The van der Waals surface area contributed by atoms with Gasteiger partial charge in [0.1, 0.15) is 11.9 Å². The van der Waals surface area contributed by atoms with E-state index >= 15 is 0 Å². The summed E-state index contributed by atoms with van der Waals surface area (Å²) in [6, 6.07) is 22.0. The lowest BCUT2D eigenvalue weighted by Gasteiger charge is -2.32. The minimum absolute atomic E-state index is 0.151. The molecule has 1 saturated heterocycles. The normalized spacial score (nSPS) is 14.4. The Labute approximate surface area is 201 Å². The number of nitrogens with zero attached hydrogens (tertiary/aromatic N) is 1. The van der Waals surface area contributed by atoms with Crippen LogP contribution in [-0.4, -0.2) is 42.5 Å². The largest absolute Gasteiger partial charge is 0.490 e. The SMILES string of the molecule is O=C(NCC(=O)N1CCC(Oc2ccccc2C(F)(F)F)CC1)c1ccc(-c2ccccc2)cc1. The van der Waals surface area contributed by atoms with Gasteiger partial charge in [0.2, 0.25) is 5.91 Å². The maximum absolute atomic E-state index is 13.2. The highest BCUT2D eigenvalue weighted by Crippen LogP contribution is 2.37. The fourth-order valence-corrected chi connectivity index (χ4v) is 4.02. The molecule has 35 heavy (non-hydrogen) atoms. The van der Waals surface area contributed by atoms with Gasteiger partial charge >= 0.3 is 6.18 Å². The highest BCUT2D eigenvalue weighted by atomic mass is 19.4. The minimum Gasteiger partial charge on any atom is -0.490 e. The lowest BCUT2D eigenvalue weighted by Crippen LogP contribution is -2.46. The third-order valence-electron chi connectivity index (χ3n) is 5.94. The Kier molecular flexibility index (Phi) is 7.39. The van der Waals surface area contributed by atoms with Gasteiger partial charge in [-0.05, 0) is 35.4 Å². The highest BCUT2D eigenvalue weighted by molar-refractivity contribution is 5.96. The summed E-state index contributed by atoms with van der Waals surface area (Å²) in [6.07, 6.45) is -4.09. The number of amides is 2. The molecule has 0 aromatic heterocycles. The van der Waals surface area contributed by atoms with Gasteiger partial charge in [0.05, 0.1) is 12.1 Å². The molecule has 182 valence electrons. The van der Waals surface area contributed by atoms with E-state index in [9.17, 15) is 22.8 Å². The van der Waals surface area contributed by atoms with E-state index in [1.165, 1.54) is 18.2 Å². The van der Waals surface area contributed by atoms with Gasteiger partial charge in [-0.2, -0.15) is 13.2 Å². The van der Waals surface area contributed by atoms with Crippen LogP contribution in [0, 0.1) is 0 Å². The van der Waals surface area contributed by atoms with Gasteiger partial charge in [-0.1, -0.05) is 54.6 Å². The van der Waals surface area contributed by atoms with Gasteiger partial charge in [0, 0.05) is 31.5 Å². The van der Waals surface area contributed by atoms with Crippen molar-refractivity contribution in [2.75, 3.05) is 19.6 Å². The molecule has 0 bridgehead atoms. The molecule has 0 aliphatic carbocycles. The molecular formula is C27H25F3N2O3. The van der Waals surface area contributed by atoms with Crippen molar-refractivity contribution in [2.24, 2.45) is 0 Å². The molecule has 2 amide bonds.